The van der Waals surface area contributed by atoms with Crippen molar-refractivity contribution in [2.24, 2.45) is 17.8 Å². The summed E-state index contributed by atoms with van der Waals surface area (Å²) >= 11 is 0. The van der Waals surface area contributed by atoms with E-state index in [4.69, 9.17) is 0 Å². The Labute approximate surface area is 80.3 Å². The van der Waals surface area contributed by atoms with E-state index in [0.29, 0.717) is 0 Å². The standard InChI is InChI=1S/C10H20N2O/c1-7-4-9(7)6-12-10(13)8(2)5-11-3/h7-9,11H,4-6H2,1-3H3,(H,12,13). The molecule has 2 N–H and O–H groups in total. The van der Waals surface area contributed by atoms with Gasteiger partial charge in [-0.1, -0.05) is 13.8 Å². The first kappa shape index (κ1) is 10.5. The number of carbonyl (C=O) groups is 1. The molecule has 3 nitrogen and oxygen atoms in total. The largest absolute Gasteiger partial charge is 0.356 e. The van der Waals surface area contributed by atoms with Crippen molar-refractivity contribution in [1.29, 1.82) is 0 Å². The maximum atomic E-state index is 11.4. The molecule has 3 atom stereocenters. The second-order valence-electron chi connectivity index (χ2n) is 4.18. The molecule has 1 amide bonds. The van der Waals surface area contributed by atoms with E-state index in [9.17, 15) is 4.79 Å². The Hall–Kier alpha value is -0.570. The minimum atomic E-state index is 0.0825. The van der Waals surface area contributed by atoms with Crippen molar-refractivity contribution in [2.75, 3.05) is 20.1 Å². The predicted molar refractivity (Wildman–Crippen MR) is 53.4 cm³/mol. The van der Waals surface area contributed by atoms with Gasteiger partial charge in [0, 0.05) is 19.0 Å². The number of hydrogen-bond acceptors (Lipinski definition) is 2. The molecule has 76 valence electrons. The summed E-state index contributed by atoms with van der Waals surface area (Å²) in [6, 6.07) is 0. The number of rotatable bonds is 5. The first-order valence-electron chi connectivity index (χ1n) is 5.07. The molecule has 0 spiro atoms. The monoisotopic (exact) mass is 184 g/mol. The summed E-state index contributed by atoms with van der Waals surface area (Å²) in [5.41, 5.74) is 0. The molecule has 1 saturated carbocycles. The molecule has 0 aromatic rings. The summed E-state index contributed by atoms with van der Waals surface area (Å²) in [5.74, 6) is 1.82. The molecule has 1 rings (SSSR count). The van der Waals surface area contributed by atoms with Crippen LogP contribution < -0.4 is 10.6 Å². The first-order valence-corrected chi connectivity index (χ1v) is 5.07. The summed E-state index contributed by atoms with van der Waals surface area (Å²) in [4.78, 5) is 11.4. The molecular weight excluding hydrogens is 164 g/mol. The van der Waals surface area contributed by atoms with Crippen LogP contribution in [0.1, 0.15) is 20.3 Å². The van der Waals surface area contributed by atoms with Gasteiger partial charge in [0.1, 0.15) is 0 Å². The summed E-state index contributed by atoms with van der Waals surface area (Å²) in [5, 5.41) is 5.98. The van der Waals surface area contributed by atoms with Crippen LogP contribution in [0.25, 0.3) is 0 Å². The summed E-state index contributed by atoms with van der Waals surface area (Å²) < 4.78 is 0. The van der Waals surface area contributed by atoms with Crippen LogP contribution in [0.3, 0.4) is 0 Å². The van der Waals surface area contributed by atoms with Gasteiger partial charge in [-0.25, -0.2) is 0 Å². The minimum Gasteiger partial charge on any atom is -0.356 e. The fourth-order valence-electron chi connectivity index (χ4n) is 1.49. The number of nitrogens with one attached hydrogen (secondary N) is 2. The molecule has 0 bridgehead atoms. The molecule has 1 aliphatic carbocycles. The fraction of sp³-hybridized carbons (Fsp3) is 0.900. The average molecular weight is 184 g/mol. The lowest BCUT2D eigenvalue weighted by Crippen LogP contribution is -2.35. The van der Waals surface area contributed by atoms with Crippen molar-refractivity contribution in [3.63, 3.8) is 0 Å². The van der Waals surface area contributed by atoms with Crippen LogP contribution in [0.2, 0.25) is 0 Å². The third-order valence-corrected chi connectivity index (χ3v) is 2.77. The number of hydrogen-bond donors (Lipinski definition) is 2. The topological polar surface area (TPSA) is 41.1 Å². The maximum absolute atomic E-state index is 11.4. The molecular formula is C10H20N2O. The number of carbonyl (C=O) groups excluding carboxylic acids is 1. The lowest BCUT2D eigenvalue weighted by molar-refractivity contribution is -0.124. The highest BCUT2D eigenvalue weighted by Gasteiger charge is 2.32. The zero-order chi connectivity index (χ0) is 9.84. The van der Waals surface area contributed by atoms with Crippen molar-refractivity contribution in [1.82, 2.24) is 10.6 Å². The van der Waals surface area contributed by atoms with E-state index >= 15 is 0 Å². The van der Waals surface area contributed by atoms with E-state index in [0.717, 1.165) is 24.9 Å². The van der Waals surface area contributed by atoms with Gasteiger partial charge in [-0.05, 0) is 25.3 Å². The van der Waals surface area contributed by atoms with E-state index in [1.54, 1.807) is 0 Å². The van der Waals surface area contributed by atoms with Gasteiger partial charge in [0.05, 0.1) is 0 Å². The third-order valence-electron chi connectivity index (χ3n) is 2.77. The first-order chi connectivity index (χ1) is 6.15. The van der Waals surface area contributed by atoms with Crippen molar-refractivity contribution in [3.05, 3.63) is 0 Å². The SMILES string of the molecule is CNCC(C)C(=O)NCC1CC1C. The van der Waals surface area contributed by atoms with Gasteiger partial charge in [0.25, 0.3) is 0 Å². The maximum Gasteiger partial charge on any atom is 0.224 e. The molecule has 0 radical (unpaired) electrons. The molecule has 13 heavy (non-hydrogen) atoms. The highest BCUT2D eigenvalue weighted by Crippen LogP contribution is 2.36. The summed E-state index contributed by atoms with van der Waals surface area (Å²) in [6.07, 6.45) is 1.28. The highest BCUT2D eigenvalue weighted by molar-refractivity contribution is 5.78. The van der Waals surface area contributed by atoms with Crippen molar-refractivity contribution in [2.45, 2.75) is 20.3 Å². The molecule has 1 aliphatic rings. The van der Waals surface area contributed by atoms with Crippen molar-refractivity contribution < 1.29 is 4.79 Å². The van der Waals surface area contributed by atoms with Crippen LogP contribution in [0.4, 0.5) is 0 Å². The van der Waals surface area contributed by atoms with Crippen molar-refractivity contribution in [3.8, 4) is 0 Å². The predicted octanol–water partition coefficient (Wildman–Crippen LogP) is 0.614. The fourth-order valence-corrected chi connectivity index (χ4v) is 1.49. The molecule has 0 aliphatic heterocycles. The minimum absolute atomic E-state index is 0.0825. The molecule has 3 heteroatoms. The van der Waals surface area contributed by atoms with Gasteiger partial charge >= 0.3 is 0 Å². The van der Waals surface area contributed by atoms with Crippen LogP contribution in [0.5, 0.6) is 0 Å². The third kappa shape index (κ3) is 3.35. The van der Waals surface area contributed by atoms with Crippen LogP contribution in [0, 0.1) is 17.8 Å². The molecule has 0 saturated heterocycles. The Morgan fingerprint density at radius 3 is 2.69 bits per heavy atom. The lowest BCUT2D eigenvalue weighted by atomic mass is 10.1. The molecule has 3 unspecified atom stereocenters. The van der Waals surface area contributed by atoms with E-state index < -0.39 is 0 Å². The quantitative estimate of drug-likeness (QED) is 0.657. The smallest absolute Gasteiger partial charge is 0.224 e. The highest BCUT2D eigenvalue weighted by atomic mass is 16.1. The average Bonchev–Trinajstić information content (AvgIpc) is 2.78. The van der Waals surface area contributed by atoms with E-state index in [1.807, 2.05) is 14.0 Å². The van der Waals surface area contributed by atoms with E-state index in [1.165, 1.54) is 6.42 Å². The van der Waals surface area contributed by atoms with Gasteiger partial charge in [-0.2, -0.15) is 0 Å². The van der Waals surface area contributed by atoms with Crippen LogP contribution in [-0.4, -0.2) is 26.0 Å². The van der Waals surface area contributed by atoms with Crippen LogP contribution in [-0.2, 0) is 4.79 Å². The van der Waals surface area contributed by atoms with Crippen LogP contribution in [0.15, 0.2) is 0 Å². The van der Waals surface area contributed by atoms with Gasteiger partial charge in [0.2, 0.25) is 5.91 Å². The number of amides is 1. The van der Waals surface area contributed by atoms with Crippen molar-refractivity contribution >= 4 is 5.91 Å². The van der Waals surface area contributed by atoms with Gasteiger partial charge in [-0.15, -0.1) is 0 Å². The molecule has 0 heterocycles. The van der Waals surface area contributed by atoms with Crippen LogP contribution >= 0.6 is 0 Å². The Balaban J connectivity index is 2.09. The molecule has 1 fully saturated rings. The zero-order valence-corrected chi connectivity index (χ0v) is 8.76. The Morgan fingerprint density at radius 1 is 1.62 bits per heavy atom. The second-order valence-corrected chi connectivity index (χ2v) is 4.18. The van der Waals surface area contributed by atoms with Gasteiger partial charge in [-0.3, -0.25) is 4.79 Å². The molecule has 0 aromatic heterocycles. The van der Waals surface area contributed by atoms with E-state index in [2.05, 4.69) is 17.6 Å². The normalized spacial score (nSPS) is 28.2. The van der Waals surface area contributed by atoms with E-state index in [-0.39, 0.29) is 11.8 Å². The Bertz CT molecular complexity index is 182. The Morgan fingerprint density at radius 2 is 2.23 bits per heavy atom. The zero-order valence-electron chi connectivity index (χ0n) is 8.76. The summed E-state index contributed by atoms with van der Waals surface area (Å²) in [6.45, 7) is 5.80. The van der Waals surface area contributed by atoms with Gasteiger partial charge < -0.3 is 10.6 Å². The Kier molecular flexibility index (Phi) is 3.72. The second kappa shape index (κ2) is 4.61. The summed E-state index contributed by atoms with van der Waals surface area (Å²) in [7, 11) is 1.87. The molecule has 0 aromatic carbocycles. The lowest BCUT2D eigenvalue weighted by Gasteiger charge is -2.10. The van der Waals surface area contributed by atoms with Gasteiger partial charge in [0.15, 0.2) is 0 Å².